The van der Waals surface area contributed by atoms with E-state index in [2.05, 4.69) is 19.9 Å². The number of thiazole rings is 1. The summed E-state index contributed by atoms with van der Waals surface area (Å²) in [6, 6.07) is 11.0. The number of nitrogens with zero attached hydrogens (tertiary/aromatic N) is 2. The van der Waals surface area contributed by atoms with Gasteiger partial charge in [0.15, 0.2) is 9.34 Å². The van der Waals surface area contributed by atoms with Gasteiger partial charge in [-0.15, -0.1) is 0 Å². The second kappa shape index (κ2) is 8.99. The number of amides is 1. The van der Waals surface area contributed by atoms with Crippen molar-refractivity contribution in [2.45, 2.75) is 23.6 Å². The van der Waals surface area contributed by atoms with Crippen LogP contribution in [0, 0.1) is 0 Å². The van der Waals surface area contributed by atoms with Gasteiger partial charge < -0.3 is 10.2 Å². The van der Waals surface area contributed by atoms with Crippen LogP contribution in [0.2, 0.25) is 10.0 Å². The van der Waals surface area contributed by atoms with Gasteiger partial charge in [0.1, 0.15) is 0 Å². The van der Waals surface area contributed by atoms with Crippen LogP contribution in [0.1, 0.15) is 29.5 Å². The Hall–Kier alpha value is -2.17. The van der Waals surface area contributed by atoms with Gasteiger partial charge in [-0.1, -0.05) is 46.7 Å². The Kier molecular flexibility index (Phi) is 6.46. The molecule has 3 aromatic rings. The van der Waals surface area contributed by atoms with Crippen LogP contribution in [0.5, 0.6) is 0 Å². The van der Waals surface area contributed by atoms with Gasteiger partial charge in [0.25, 0.3) is 10.0 Å². The monoisotopic (exact) mass is 510 g/mol. The lowest BCUT2D eigenvalue weighted by Crippen LogP contribution is -2.31. The van der Waals surface area contributed by atoms with Crippen LogP contribution in [0.15, 0.2) is 46.8 Å². The van der Waals surface area contributed by atoms with Crippen LogP contribution in [0.4, 0.5) is 10.8 Å². The van der Waals surface area contributed by atoms with E-state index in [1.807, 2.05) is 25.2 Å². The highest BCUT2D eigenvalue weighted by Crippen LogP contribution is 2.38. The van der Waals surface area contributed by atoms with Crippen molar-refractivity contribution in [3.8, 4) is 0 Å². The fourth-order valence-electron chi connectivity index (χ4n) is 3.71. The van der Waals surface area contributed by atoms with Gasteiger partial charge in [-0.2, -0.15) is 0 Å². The molecule has 0 bridgehead atoms. The van der Waals surface area contributed by atoms with E-state index in [9.17, 15) is 13.2 Å². The molecule has 32 heavy (non-hydrogen) atoms. The average molecular weight is 511 g/mol. The summed E-state index contributed by atoms with van der Waals surface area (Å²) < 4.78 is 27.9. The van der Waals surface area contributed by atoms with Crippen molar-refractivity contribution in [3.63, 3.8) is 0 Å². The van der Waals surface area contributed by atoms with Gasteiger partial charge in [0.2, 0.25) is 5.91 Å². The van der Waals surface area contributed by atoms with E-state index in [1.54, 1.807) is 18.2 Å². The number of benzene rings is 2. The summed E-state index contributed by atoms with van der Waals surface area (Å²) in [5.41, 5.74) is 3.60. The standard InChI is InChI=1S/C21H20Cl2N4O3S2/c1-12(28)25-21-24-9-20(31-21)32(29,30)26-15-5-3-13(4-6-15)17-10-27(2)11-18-16(17)7-14(22)8-19(18)23/h3-9,17,26H,10-11H2,1-2H3,(H,24,25,28). The summed E-state index contributed by atoms with van der Waals surface area (Å²) in [4.78, 5) is 17.3. The molecule has 0 fully saturated rings. The van der Waals surface area contributed by atoms with Crippen molar-refractivity contribution < 1.29 is 13.2 Å². The third kappa shape index (κ3) is 4.92. The Morgan fingerprint density at radius 3 is 2.62 bits per heavy atom. The number of hydrogen-bond acceptors (Lipinski definition) is 6. The number of rotatable bonds is 5. The first kappa shape index (κ1) is 23.0. The second-order valence-corrected chi connectivity index (χ2v) is 11.4. The van der Waals surface area contributed by atoms with Crippen molar-refractivity contribution >= 4 is 61.3 Å². The van der Waals surface area contributed by atoms with Gasteiger partial charge in [-0.05, 0) is 48.0 Å². The van der Waals surface area contributed by atoms with Crippen molar-refractivity contribution in [1.82, 2.24) is 9.88 Å². The Labute approximate surface area is 200 Å². The van der Waals surface area contributed by atoms with Gasteiger partial charge in [-0.3, -0.25) is 9.52 Å². The maximum Gasteiger partial charge on any atom is 0.273 e. The van der Waals surface area contributed by atoms with Crippen LogP contribution in [0.25, 0.3) is 0 Å². The largest absolute Gasteiger partial charge is 0.302 e. The minimum absolute atomic E-state index is 0.0115. The molecule has 7 nitrogen and oxygen atoms in total. The molecule has 0 saturated carbocycles. The third-order valence-corrected chi connectivity index (χ3v) is 8.40. The lowest BCUT2D eigenvalue weighted by Gasteiger charge is -2.33. The average Bonchev–Trinajstić information content (AvgIpc) is 3.17. The fraction of sp³-hybridized carbons (Fsp3) is 0.238. The van der Waals surface area contributed by atoms with E-state index < -0.39 is 10.0 Å². The summed E-state index contributed by atoms with van der Waals surface area (Å²) in [7, 11) is -1.79. The number of aromatic nitrogens is 1. The molecule has 4 rings (SSSR count). The fourth-order valence-corrected chi connectivity index (χ4v) is 6.42. The predicted octanol–water partition coefficient (Wildman–Crippen LogP) is 4.79. The molecule has 1 aliphatic heterocycles. The van der Waals surface area contributed by atoms with Gasteiger partial charge in [0, 0.05) is 41.7 Å². The Bertz CT molecular complexity index is 1280. The zero-order valence-corrected chi connectivity index (χ0v) is 20.4. The van der Waals surface area contributed by atoms with E-state index >= 15 is 0 Å². The van der Waals surface area contributed by atoms with Crippen LogP contribution in [-0.2, 0) is 21.4 Å². The van der Waals surface area contributed by atoms with Crippen molar-refractivity contribution in [2.75, 3.05) is 23.6 Å². The van der Waals surface area contributed by atoms with Gasteiger partial charge in [-0.25, -0.2) is 13.4 Å². The van der Waals surface area contributed by atoms with Gasteiger partial charge >= 0.3 is 0 Å². The smallest absolute Gasteiger partial charge is 0.273 e. The minimum Gasteiger partial charge on any atom is -0.302 e. The zero-order chi connectivity index (χ0) is 23.0. The summed E-state index contributed by atoms with van der Waals surface area (Å²) >= 11 is 13.6. The van der Waals surface area contributed by atoms with E-state index in [4.69, 9.17) is 23.2 Å². The van der Waals surface area contributed by atoms with Crippen LogP contribution < -0.4 is 10.0 Å². The van der Waals surface area contributed by atoms with Crippen molar-refractivity contribution in [2.24, 2.45) is 0 Å². The number of likely N-dealkylation sites (N-methyl/N-ethyl adjacent to an activating group) is 1. The number of hydrogen-bond donors (Lipinski definition) is 2. The molecule has 0 saturated heterocycles. The molecule has 168 valence electrons. The first-order valence-corrected chi connectivity index (χ1v) is 12.7. The molecule has 1 atom stereocenters. The van der Waals surface area contributed by atoms with E-state index in [0.29, 0.717) is 15.7 Å². The number of halogens is 2. The zero-order valence-electron chi connectivity index (χ0n) is 17.2. The van der Waals surface area contributed by atoms with Crippen LogP contribution in [-0.4, -0.2) is 37.8 Å². The molecule has 11 heteroatoms. The van der Waals surface area contributed by atoms with E-state index in [-0.39, 0.29) is 21.2 Å². The number of fused-ring (bicyclic) bond motifs is 1. The van der Waals surface area contributed by atoms with Crippen molar-refractivity contribution in [3.05, 3.63) is 69.3 Å². The van der Waals surface area contributed by atoms with Gasteiger partial charge in [0.05, 0.1) is 6.20 Å². The van der Waals surface area contributed by atoms with Crippen molar-refractivity contribution in [1.29, 1.82) is 0 Å². The highest BCUT2D eigenvalue weighted by atomic mass is 35.5. The predicted molar refractivity (Wildman–Crippen MR) is 128 cm³/mol. The highest BCUT2D eigenvalue weighted by molar-refractivity contribution is 7.94. The number of carbonyl (C=O) groups excluding carboxylic acids is 1. The molecular weight excluding hydrogens is 491 g/mol. The number of nitrogens with one attached hydrogen (secondary N) is 2. The Balaban J connectivity index is 1.57. The van der Waals surface area contributed by atoms with E-state index in [0.717, 1.165) is 41.1 Å². The quantitative estimate of drug-likeness (QED) is 0.514. The highest BCUT2D eigenvalue weighted by Gasteiger charge is 2.27. The maximum atomic E-state index is 12.7. The molecule has 1 unspecified atom stereocenters. The summed E-state index contributed by atoms with van der Waals surface area (Å²) in [5.74, 6) is -0.253. The molecule has 2 heterocycles. The molecular formula is C21H20Cl2N4O3S2. The molecule has 2 aromatic carbocycles. The molecule has 1 aliphatic rings. The lowest BCUT2D eigenvalue weighted by atomic mass is 9.85. The molecule has 0 spiro atoms. The summed E-state index contributed by atoms with van der Waals surface area (Å²) in [5, 5.41) is 3.95. The topological polar surface area (TPSA) is 91.4 Å². The molecule has 1 aromatic heterocycles. The summed E-state index contributed by atoms with van der Waals surface area (Å²) in [6.45, 7) is 2.87. The number of carbonyl (C=O) groups is 1. The first-order valence-electron chi connectivity index (χ1n) is 9.65. The first-order chi connectivity index (χ1) is 15.1. The van der Waals surface area contributed by atoms with Crippen LogP contribution >= 0.6 is 34.5 Å². The lowest BCUT2D eigenvalue weighted by molar-refractivity contribution is -0.114. The normalized spacial score (nSPS) is 16.4. The molecule has 0 aliphatic carbocycles. The molecule has 2 N–H and O–H groups in total. The Morgan fingerprint density at radius 2 is 1.94 bits per heavy atom. The number of sulfonamides is 1. The molecule has 1 amide bonds. The Morgan fingerprint density at radius 1 is 1.22 bits per heavy atom. The number of anilines is 2. The minimum atomic E-state index is -3.82. The SMILES string of the molecule is CC(=O)Nc1ncc(S(=O)(=O)Nc2ccc(C3CN(C)Cc4c(Cl)cc(Cl)cc43)cc2)s1. The summed E-state index contributed by atoms with van der Waals surface area (Å²) in [6.07, 6.45) is 1.22. The van der Waals surface area contributed by atoms with Crippen LogP contribution in [0.3, 0.4) is 0 Å². The third-order valence-electron chi connectivity index (χ3n) is 5.09. The second-order valence-electron chi connectivity index (χ2n) is 7.60. The molecule has 0 radical (unpaired) electrons. The maximum absolute atomic E-state index is 12.7. The van der Waals surface area contributed by atoms with E-state index in [1.165, 1.54) is 13.1 Å².